The second kappa shape index (κ2) is 11.3. The lowest BCUT2D eigenvalue weighted by Crippen LogP contribution is -2.47. The van der Waals surface area contributed by atoms with Crippen LogP contribution in [0.4, 0.5) is 15.9 Å². The van der Waals surface area contributed by atoms with E-state index < -0.39 is 22.3 Å². The van der Waals surface area contributed by atoms with Crippen molar-refractivity contribution < 1.29 is 19.2 Å². The van der Waals surface area contributed by atoms with E-state index in [1.165, 1.54) is 35.5 Å². The zero-order chi connectivity index (χ0) is 28.7. The van der Waals surface area contributed by atoms with E-state index in [-0.39, 0.29) is 34.5 Å². The van der Waals surface area contributed by atoms with Gasteiger partial charge in [0.25, 0.3) is 0 Å². The van der Waals surface area contributed by atoms with E-state index in [2.05, 4.69) is 9.88 Å². The highest BCUT2D eigenvalue weighted by atomic mass is 32.2. The molecule has 3 aromatic rings. The van der Waals surface area contributed by atoms with E-state index in [1.807, 2.05) is 16.4 Å². The number of piperazine rings is 1. The summed E-state index contributed by atoms with van der Waals surface area (Å²) in [6.07, 6.45) is 2.69. The standard InChI is InChI=1S/C27H33FN6O5S/c1-16(35)25-26(37)20-12-21(28)23(13-22(20)33-18(3)40-27(25)33)31-10-8-30(9-11-31)7-5-4-6-19(36)15-32-17(2)29-14-24(32)34(38)39/h12-14,18-19,36H,4-11,15H2,1-3H3. The Morgan fingerprint density at radius 1 is 1.27 bits per heavy atom. The molecule has 2 aliphatic heterocycles. The van der Waals surface area contributed by atoms with Gasteiger partial charge in [-0.1, -0.05) is 11.8 Å². The highest BCUT2D eigenvalue weighted by molar-refractivity contribution is 8.00. The number of carbonyl (C=O) groups is 1. The number of aliphatic hydroxyl groups is 1. The summed E-state index contributed by atoms with van der Waals surface area (Å²) < 4.78 is 18.6. The summed E-state index contributed by atoms with van der Waals surface area (Å²) in [6.45, 7) is 8.82. The average molecular weight is 573 g/mol. The van der Waals surface area contributed by atoms with Gasteiger partial charge < -0.3 is 24.7 Å². The highest BCUT2D eigenvalue weighted by Crippen LogP contribution is 2.46. The van der Waals surface area contributed by atoms with Crippen LogP contribution < -0.4 is 10.3 Å². The third kappa shape index (κ3) is 5.25. The Labute approximate surface area is 234 Å². The lowest BCUT2D eigenvalue weighted by molar-refractivity contribution is -0.392. The lowest BCUT2D eigenvalue weighted by Gasteiger charge is -2.37. The van der Waals surface area contributed by atoms with Gasteiger partial charge in [-0.25, -0.2) is 13.9 Å². The SMILES string of the molecule is CC(=O)c1c2n(c3cc(N4CCN(CCCCC(O)Cn5c([N+](=O)[O-])cnc5C)CC4)c(F)cc3c1=O)C(C)S2. The fourth-order valence-corrected chi connectivity index (χ4v) is 6.86. The first-order valence-corrected chi connectivity index (χ1v) is 14.4. The monoisotopic (exact) mass is 572 g/mol. The van der Waals surface area contributed by atoms with E-state index in [9.17, 15) is 24.8 Å². The molecule has 0 bridgehead atoms. The van der Waals surface area contributed by atoms with Crippen LogP contribution in [-0.2, 0) is 6.54 Å². The molecule has 5 rings (SSSR count). The average Bonchev–Trinajstić information content (AvgIpc) is 3.26. The molecular formula is C27H33FN6O5S. The van der Waals surface area contributed by atoms with Gasteiger partial charge in [-0.2, -0.15) is 0 Å². The number of carbonyl (C=O) groups excluding carboxylic acids is 1. The summed E-state index contributed by atoms with van der Waals surface area (Å²) in [5, 5.41) is 22.5. The number of benzene rings is 1. The molecule has 2 aromatic heterocycles. The maximum Gasteiger partial charge on any atom is 0.342 e. The molecule has 2 atom stereocenters. The van der Waals surface area contributed by atoms with Crippen molar-refractivity contribution in [2.75, 3.05) is 37.6 Å². The van der Waals surface area contributed by atoms with Crippen molar-refractivity contribution in [1.82, 2.24) is 19.0 Å². The van der Waals surface area contributed by atoms with Gasteiger partial charge in [-0.15, -0.1) is 0 Å². The molecule has 0 spiro atoms. The second-order valence-electron chi connectivity index (χ2n) is 10.5. The molecule has 2 aliphatic rings. The normalized spacial score (nSPS) is 18.0. The van der Waals surface area contributed by atoms with E-state index in [4.69, 9.17) is 0 Å². The Hall–Kier alpha value is -3.29. The van der Waals surface area contributed by atoms with E-state index in [0.29, 0.717) is 41.6 Å². The molecule has 40 heavy (non-hydrogen) atoms. The number of nitrogens with zero attached hydrogens (tertiary/aromatic N) is 6. The molecule has 1 aromatic carbocycles. The molecule has 1 N–H and O–H groups in total. The van der Waals surface area contributed by atoms with Crippen LogP contribution in [0.15, 0.2) is 28.2 Å². The Bertz CT molecular complexity index is 1530. The molecule has 13 heteroatoms. The van der Waals surface area contributed by atoms with Gasteiger partial charge in [0.1, 0.15) is 18.6 Å². The number of unbranched alkanes of at least 4 members (excludes halogenated alkanes) is 1. The van der Waals surface area contributed by atoms with Gasteiger partial charge in [0.2, 0.25) is 5.43 Å². The number of aliphatic hydroxyl groups excluding tert-OH is 1. The quantitative estimate of drug-likeness (QED) is 0.167. The van der Waals surface area contributed by atoms with Gasteiger partial charge in [-0.05, 0) is 56.7 Å². The summed E-state index contributed by atoms with van der Waals surface area (Å²) >= 11 is 1.48. The third-order valence-corrected chi connectivity index (χ3v) is 8.99. The van der Waals surface area contributed by atoms with Crippen molar-refractivity contribution in [3.63, 3.8) is 0 Å². The van der Waals surface area contributed by atoms with Crippen molar-refractivity contribution in [1.29, 1.82) is 0 Å². The van der Waals surface area contributed by atoms with Crippen LogP contribution in [0.5, 0.6) is 0 Å². The number of imidazole rings is 1. The number of rotatable bonds is 10. The van der Waals surface area contributed by atoms with Crippen LogP contribution >= 0.6 is 11.8 Å². The van der Waals surface area contributed by atoms with Crippen LogP contribution in [0.2, 0.25) is 0 Å². The number of halogens is 1. The molecule has 0 saturated carbocycles. The molecule has 214 valence electrons. The number of Topliss-reactive ketones (excluding diaryl/α,β-unsaturated/α-hetero) is 1. The summed E-state index contributed by atoms with van der Waals surface area (Å²) in [6, 6.07) is 3.03. The minimum Gasteiger partial charge on any atom is -0.389 e. The number of hydrogen-bond acceptors (Lipinski definition) is 9. The number of thioether (sulfide) groups is 1. The highest BCUT2D eigenvalue weighted by Gasteiger charge is 2.32. The fourth-order valence-electron chi connectivity index (χ4n) is 5.65. The number of nitro groups is 1. The third-order valence-electron chi connectivity index (χ3n) is 7.82. The number of anilines is 1. The molecule has 1 saturated heterocycles. The number of aromatic nitrogens is 3. The summed E-state index contributed by atoms with van der Waals surface area (Å²) in [5.74, 6) is -0.383. The van der Waals surface area contributed by atoms with Crippen molar-refractivity contribution in [2.45, 2.75) is 63.1 Å². The van der Waals surface area contributed by atoms with Crippen LogP contribution in [0, 0.1) is 22.9 Å². The smallest absolute Gasteiger partial charge is 0.342 e. The minimum absolute atomic E-state index is 0.0592. The summed E-state index contributed by atoms with van der Waals surface area (Å²) in [5.41, 5.74) is 0.853. The van der Waals surface area contributed by atoms with Crippen LogP contribution in [0.3, 0.4) is 0 Å². The van der Waals surface area contributed by atoms with Gasteiger partial charge in [0, 0.05) is 38.5 Å². The summed E-state index contributed by atoms with van der Waals surface area (Å²) in [4.78, 5) is 44.0. The Kier molecular flexibility index (Phi) is 7.98. The van der Waals surface area contributed by atoms with Gasteiger partial charge in [0.15, 0.2) is 11.6 Å². The largest absolute Gasteiger partial charge is 0.389 e. The van der Waals surface area contributed by atoms with Crippen molar-refractivity contribution >= 4 is 40.0 Å². The van der Waals surface area contributed by atoms with Gasteiger partial charge in [0.05, 0.1) is 33.3 Å². The molecular weight excluding hydrogens is 539 g/mol. The molecule has 2 unspecified atom stereocenters. The van der Waals surface area contributed by atoms with Crippen molar-refractivity contribution in [2.24, 2.45) is 0 Å². The van der Waals surface area contributed by atoms with E-state index in [0.717, 1.165) is 32.5 Å². The van der Waals surface area contributed by atoms with Gasteiger partial charge >= 0.3 is 5.82 Å². The predicted octanol–water partition coefficient (Wildman–Crippen LogP) is 3.73. The molecule has 11 nitrogen and oxygen atoms in total. The van der Waals surface area contributed by atoms with Crippen LogP contribution in [0.1, 0.15) is 54.7 Å². The molecule has 4 heterocycles. The van der Waals surface area contributed by atoms with Crippen LogP contribution in [0.25, 0.3) is 10.9 Å². The Morgan fingerprint density at radius 3 is 2.65 bits per heavy atom. The first-order chi connectivity index (χ1) is 19.1. The minimum atomic E-state index is -0.697. The number of ketones is 1. The zero-order valence-corrected chi connectivity index (χ0v) is 23.6. The number of pyridine rings is 1. The number of fused-ring (bicyclic) bond motifs is 3. The number of hydrogen-bond donors (Lipinski definition) is 1. The zero-order valence-electron chi connectivity index (χ0n) is 22.8. The predicted molar refractivity (Wildman–Crippen MR) is 151 cm³/mol. The molecule has 0 aliphatic carbocycles. The Morgan fingerprint density at radius 2 is 2.00 bits per heavy atom. The van der Waals surface area contributed by atoms with Crippen molar-refractivity contribution in [3.05, 3.63) is 55.9 Å². The first kappa shape index (κ1) is 28.2. The molecule has 0 amide bonds. The van der Waals surface area contributed by atoms with Gasteiger partial charge in [-0.3, -0.25) is 14.5 Å². The number of aryl methyl sites for hydroxylation is 1. The van der Waals surface area contributed by atoms with E-state index in [1.54, 1.807) is 13.0 Å². The maximum atomic E-state index is 15.3. The van der Waals surface area contributed by atoms with Crippen LogP contribution in [-0.4, -0.2) is 73.7 Å². The van der Waals surface area contributed by atoms with E-state index >= 15 is 4.39 Å². The Balaban J connectivity index is 1.16. The fraction of sp³-hybridized carbons (Fsp3) is 0.519. The second-order valence-corrected chi connectivity index (χ2v) is 11.8. The topological polar surface area (TPSA) is 127 Å². The first-order valence-electron chi connectivity index (χ1n) is 13.5. The van der Waals surface area contributed by atoms with Crippen molar-refractivity contribution in [3.8, 4) is 0 Å². The lowest BCUT2D eigenvalue weighted by atomic mass is 10.1. The molecule has 0 radical (unpaired) electrons. The summed E-state index contributed by atoms with van der Waals surface area (Å²) in [7, 11) is 0. The maximum absolute atomic E-state index is 15.3. The molecule has 1 fully saturated rings.